The molecule has 1 amide bonds. The molecule has 1 aromatic rings. The molecule has 0 saturated carbocycles. The second kappa shape index (κ2) is 4.16. The summed E-state index contributed by atoms with van der Waals surface area (Å²) in [6.45, 7) is 0.613. The molecule has 0 aliphatic carbocycles. The smallest absolute Gasteiger partial charge is 0.224 e. The Hall–Kier alpha value is -0.770. The van der Waals surface area contributed by atoms with E-state index >= 15 is 0 Å². The number of benzene rings is 1. The second-order valence-electron chi connectivity index (χ2n) is 4.34. The van der Waals surface area contributed by atoms with E-state index in [1.165, 1.54) is 0 Å². The van der Waals surface area contributed by atoms with Crippen LogP contribution in [-0.4, -0.2) is 23.6 Å². The Balaban J connectivity index is 1.82. The maximum absolute atomic E-state index is 11.6. The van der Waals surface area contributed by atoms with Crippen LogP contribution in [0, 0.1) is 0 Å². The van der Waals surface area contributed by atoms with Crippen molar-refractivity contribution in [3.05, 3.63) is 33.8 Å². The third-order valence-electron chi connectivity index (χ3n) is 3.27. The maximum Gasteiger partial charge on any atom is 0.224 e. The molecule has 2 fully saturated rings. The van der Waals surface area contributed by atoms with Gasteiger partial charge in [0, 0.05) is 12.8 Å². The van der Waals surface area contributed by atoms with Crippen LogP contribution in [0.1, 0.15) is 24.5 Å². The molecule has 2 unspecified atom stereocenters. The normalized spacial score (nSPS) is 27.6. The van der Waals surface area contributed by atoms with E-state index in [1.807, 2.05) is 6.07 Å². The van der Waals surface area contributed by atoms with Crippen molar-refractivity contribution >= 4 is 29.1 Å². The van der Waals surface area contributed by atoms with Gasteiger partial charge in [-0.2, -0.15) is 0 Å². The summed E-state index contributed by atoms with van der Waals surface area (Å²) in [5.74, 6) is 0.178. The zero-order valence-electron chi connectivity index (χ0n) is 9.03. The van der Waals surface area contributed by atoms with Gasteiger partial charge >= 0.3 is 0 Å². The lowest BCUT2D eigenvalue weighted by atomic mass is 10.1. The zero-order valence-corrected chi connectivity index (χ0v) is 10.5. The average molecular weight is 272 g/mol. The predicted octanol–water partition coefficient (Wildman–Crippen LogP) is 3.01. The molecule has 2 aliphatic rings. The van der Waals surface area contributed by atoms with E-state index in [0.717, 1.165) is 12.0 Å². The molecular weight excluding hydrogens is 261 g/mol. The molecule has 0 radical (unpaired) electrons. The lowest BCUT2D eigenvalue weighted by molar-refractivity contribution is -0.129. The Morgan fingerprint density at radius 3 is 2.82 bits per heavy atom. The van der Waals surface area contributed by atoms with Gasteiger partial charge < -0.3 is 9.64 Å². The molecule has 3 rings (SSSR count). The SMILES string of the molecule is O=C1CCC2OC(c3ccc(Cl)c(Cl)c3)CN12. The standard InChI is InChI=1S/C12H11Cl2NO2/c13-8-2-1-7(5-9(8)14)10-6-15-11(16)3-4-12(15)17-10/h1-2,5,10,12H,3-4,6H2. The van der Waals surface area contributed by atoms with Gasteiger partial charge in [0.1, 0.15) is 12.3 Å². The van der Waals surface area contributed by atoms with Crippen molar-refractivity contribution in [2.24, 2.45) is 0 Å². The van der Waals surface area contributed by atoms with Crippen LogP contribution in [0.15, 0.2) is 18.2 Å². The first-order valence-electron chi connectivity index (χ1n) is 5.55. The van der Waals surface area contributed by atoms with Crippen LogP contribution in [0.3, 0.4) is 0 Å². The first kappa shape index (κ1) is 11.3. The number of hydrogen-bond donors (Lipinski definition) is 0. The third kappa shape index (κ3) is 1.92. The fourth-order valence-electron chi connectivity index (χ4n) is 2.38. The molecule has 1 aromatic carbocycles. The van der Waals surface area contributed by atoms with Gasteiger partial charge in [-0.3, -0.25) is 4.79 Å². The Morgan fingerprint density at radius 1 is 1.29 bits per heavy atom. The molecule has 0 bridgehead atoms. The summed E-state index contributed by atoms with van der Waals surface area (Å²) in [6, 6.07) is 5.46. The lowest BCUT2D eigenvalue weighted by Crippen LogP contribution is -2.27. The van der Waals surface area contributed by atoms with Gasteiger partial charge in [0.2, 0.25) is 5.91 Å². The fourth-order valence-corrected chi connectivity index (χ4v) is 2.68. The number of carbonyl (C=O) groups is 1. The molecule has 0 N–H and O–H groups in total. The fraction of sp³-hybridized carbons (Fsp3) is 0.417. The quantitative estimate of drug-likeness (QED) is 0.786. The van der Waals surface area contributed by atoms with Crippen LogP contribution in [0.25, 0.3) is 0 Å². The van der Waals surface area contributed by atoms with Gasteiger partial charge in [-0.1, -0.05) is 29.3 Å². The van der Waals surface area contributed by atoms with Crippen LogP contribution in [0.4, 0.5) is 0 Å². The zero-order chi connectivity index (χ0) is 12.0. The number of hydrogen-bond acceptors (Lipinski definition) is 2. The van der Waals surface area contributed by atoms with Crippen molar-refractivity contribution in [3.8, 4) is 0 Å². The van der Waals surface area contributed by atoms with E-state index < -0.39 is 0 Å². The van der Waals surface area contributed by atoms with E-state index in [4.69, 9.17) is 27.9 Å². The molecule has 0 aromatic heterocycles. The monoisotopic (exact) mass is 271 g/mol. The van der Waals surface area contributed by atoms with Crippen molar-refractivity contribution in [1.29, 1.82) is 0 Å². The molecule has 2 atom stereocenters. The molecule has 0 spiro atoms. The van der Waals surface area contributed by atoms with Crippen LogP contribution < -0.4 is 0 Å². The van der Waals surface area contributed by atoms with E-state index in [2.05, 4.69) is 0 Å². The van der Waals surface area contributed by atoms with Crippen molar-refractivity contribution in [2.75, 3.05) is 6.54 Å². The van der Waals surface area contributed by atoms with Gasteiger partial charge in [-0.15, -0.1) is 0 Å². The molecule has 90 valence electrons. The van der Waals surface area contributed by atoms with Crippen LogP contribution in [0.5, 0.6) is 0 Å². The van der Waals surface area contributed by atoms with Gasteiger partial charge in [-0.05, 0) is 17.7 Å². The van der Waals surface area contributed by atoms with Crippen molar-refractivity contribution < 1.29 is 9.53 Å². The highest BCUT2D eigenvalue weighted by Crippen LogP contribution is 2.36. The van der Waals surface area contributed by atoms with Gasteiger partial charge in [0.05, 0.1) is 16.6 Å². The predicted molar refractivity (Wildman–Crippen MR) is 65.0 cm³/mol. The summed E-state index contributed by atoms with van der Waals surface area (Å²) >= 11 is 11.8. The van der Waals surface area contributed by atoms with Crippen LogP contribution >= 0.6 is 23.2 Å². The number of fused-ring (bicyclic) bond motifs is 1. The Morgan fingerprint density at radius 2 is 2.12 bits per heavy atom. The van der Waals surface area contributed by atoms with Crippen molar-refractivity contribution in [2.45, 2.75) is 25.2 Å². The summed E-state index contributed by atoms with van der Waals surface area (Å²) in [5, 5.41) is 1.05. The summed E-state index contributed by atoms with van der Waals surface area (Å²) in [7, 11) is 0. The highest BCUT2D eigenvalue weighted by atomic mass is 35.5. The highest BCUT2D eigenvalue weighted by molar-refractivity contribution is 6.42. The third-order valence-corrected chi connectivity index (χ3v) is 4.01. The minimum atomic E-state index is -0.0842. The molecule has 3 nitrogen and oxygen atoms in total. The first-order chi connectivity index (χ1) is 8.15. The molecule has 2 saturated heterocycles. The Kier molecular flexibility index (Phi) is 2.77. The number of amides is 1. The maximum atomic E-state index is 11.6. The minimum absolute atomic E-state index is 0.0537. The van der Waals surface area contributed by atoms with Crippen molar-refractivity contribution in [3.63, 3.8) is 0 Å². The number of rotatable bonds is 1. The second-order valence-corrected chi connectivity index (χ2v) is 5.15. The molecule has 2 heterocycles. The number of halogens is 2. The van der Waals surface area contributed by atoms with Crippen LogP contribution in [0.2, 0.25) is 10.0 Å². The minimum Gasteiger partial charge on any atom is -0.349 e. The van der Waals surface area contributed by atoms with Crippen molar-refractivity contribution in [1.82, 2.24) is 4.90 Å². The molecule has 5 heteroatoms. The van der Waals surface area contributed by atoms with E-state index in [9.17, 15) is 4.79 Å². The summed E-state index contributed by atoms with van der Waals surface area (Å²) in [4.78, 5) is 13.4. The highest BCUT2D eigenvalue weighted by Gasteiger charge is 2.41. The topological polar surface area (TPSA) is 29.5 Å². The average Bonchev–Trinajstić information content (AvgIpc) is 2.86. The Labute approximate surface area is 109 Å². The van der Waals surface area contributed by atoms with Gasteiger partial charge in [-0.25, -0.2) is 0 Å². The van der Waals surface area contributed by atoms with Gasteiger partial charge in [0.25, 0.3) is 0 Å². The molecule has 2 aliphatic heterocycles. The van der Waals surface area contributed by atoms with Gasteiger partial charge in [0.15, 0.2) is 0 Å². The summed E-state index contributed by atoms with van der Waals surface area (Å²) < 4.78 is 5.84. The number of nitrogens with zero attached hydrogens (tertiary/aromatic N) is 1. The van der Waals surface area contributed by atoms with E-state index in [0.29, 0.717) is 23.0 Å². The largest absolute Gasteiger partial charge is 0.349 e. The Bertz CT molecular complexity index is 478. The molecule has 17 heavy (non-hydrogen) atoms. The number of ether oxygens (including phenoxy) is 1. The summed E-state index contributed by atoms with van der Waals surface area (Å²) in [6.07, 6.45) is 1.25. The lowest BCUT2D eigenvalue weighted by Gasteiger charge is -2.11. The van der Waals surface area contributed by atoms with E-state index in [-0.39, 0.29) is 18.2 Å². The van der Waals surface area contributed by atoms with E-state index in [1.54, 1.807) is 17.0 Å². The van der Waals surface area contributed by atoms with Crippen LogP contribution in [-0.2, 0) is 9.53 Å². The first-order valence-corrected chi connectivity index (χ1v) is 6.30. The molecular formula is C12H11Cl2NO2. The summed E-state index contributed by atoms with van der Waals surface area (Å²) in [5.41, 5.74) is 0.974. The number of carbonyl (C=O) groups excluding carboxylic acids is 1.